The van der Waals surface area contributed by atoms with E-state index in [0.29, 0.717) is 0 Å². The average Bonchev–Trinajstić information content (AvgIpc) is 2.66. The Kier molecular flexibility index (Phi) is 22.5. The molecule has 0 aliphatic heterocycles. The van der Waals surface area contributed by atoms with Crippen LogP contribution in [0.2, 0.25) is 0 Å². The third kappa shape index (κ3) is 20.0. The first kappa shape index (κ1) is 30.1. The normalized spacial score (nSPS) is 11.0. The van der Waals surface area contributed by atoms with Gasteiger partial charge in [-0.3, -0.25) is 9.59 Å². The summed E-state index contributed by atoms with van der Waals surface area (Å²) in [5.74, 6) is -1.35. The number of carboxylic acid groups (broad SMARTS) is 2. The average molecular weight is 415 g/mol. The van der Waals surface area contributed by atoms with Gasteiger partial charge in [-0.1, -0.05) is 117 Å². The third-order valence-electron chi connectivity index (χ3n) is 5.73. The molecule has 4 nitrogen and oxygen atoms in total. The van der Waals surface area contributed by atoms with Gasteiger partial charge in [0.15, 0.2) is 0 Å². The molecule has 0 aromatic carbocycles. The third-order valence-corrected chi connectivity index (χ3v) is 5.73. The number of rotatable bonds is 19. The maximum Gasteiger partial charge on any atom is 0.309 e. The van der Waals surface area contributed by atoms with Crippen LogP contribution in [0.25, 0.3) is 0 Å². The molecule has 0 radical (unpaired) electrons. The number of hydrogen-bond donors (Lipinski definition) is 2. The molecule has 0 rings (SSSR count). The molecule has 0 aliphatic carbocycles. The molecule has 2 N–H and O–H groups in total. The first-order valence-electron chi connectivity index (χ1n) is 12.3. The lowest BCUT2D eigenvalue weighted by atomic mass is 9.74. The molecule has 29 heavy (non-hydrogen) atoms. The van der Waals surface area contributed by atoms with Gasteiger partial charge < -0.3 is 10.2 Å². The topological polar surface area (TPSA) is 74.6 Å². The summed E-state index contributed by atoms with van der Waals surface area (Å²) in [7, 11) is 0. The lowest BCUT2D eigenvalue weighted by Crippen LogP contribution is -2.31. The predicted octanol–water partition coefficient (Wildman–Crippen LogP) is 8.23. The van der Waals surface area contributed by atoms with Crippen LogP contribution in [0.5, 0.6) is 0 Å². The van der Waals surface area contributed by atoms with Crippen LogP contribution in [-0.2, 0) is 9.59 Å². The maximum absolute atomic E-state index is 12.2. The van der Waals surface area contributed by atoms with Gasteiger partial charge in [-0.05, 0) is 19.3 Å². The van der Waals surface area contributed by atoms with Gasteiger partial charge in [0.1, 0.15) is 0 Å². The van der Waals surface area contributed by atoms with Gasteiger partial charge >= 0.3 is 5.97 Å². The lowest BCUT2D eigenvalue weighted by Gasteiger charge is -2.30. The summed E-state index contributed by atoms with van der Waals surface area (Å²) in [4.78, 5) is 21.2. The summed E-state index contributed by atoms with van der Waals surface area (Å²) in [6, 6.07) is 0. The van der Waals surface area contributed by atoms with Gasteiger partial charge in [0, 0.05) is 6.92 Å². The Bertz CT molecular complexity index is 339. The van der Waals surface area contributed by atoms with Crippen molar-refractivity contribution in [2.75, 3.05) is 0 Å². The van der Waals surface area contributed by atoms with Crippen molar-refractivity contribution in [2.45, 2.75) is 143 Å². The smallest absolute Gasteiger partial charge is 0.309 e. The van der Waals surface area contributed by atoms with Crippen molar-refractivity contribution in [1.82, 2.24) is 0 Å². The summed E-state index contributed by atoms with van der Waals surface area (Å²) < 4.78 is 0. The number of carboxylic acids is 2. The van der Waals surface area contributed by atoms with E-state index in [1.807, 2.05) is 0 Å². The first-order chi connectivity index (χ1) is 13.9. The standard InChI is InChI=1S/C23H46O2.C2H4O2/c1-4-7-10-13-16-19-23(22(24)25,20-17-14-11-8-5-2)21-18-15-12-9-6-3;1-2(3)4/h4-21H2,1-3H3,(H,24,25);1H3,(H,3,4). The fourth-order valence-corrected chi connectivity index (χ4v) is 3.90. The van der Waals surface area contributed by atoms with Gasteiger partial charge in [-0.15, -0.1) is 0 Å². The Morgan fingerprint density at radius 1 is 0.552 bits per heavy atom. The Hall–Kier alpha value is -1.06. The van der Waals surface area contributed by atoms with Crippen molar-refractivity contribution < 1.29 is 19.8 Å². The lowest BCUT2D eigenvalue weighted by molar-refractivity contribution is -0.151. The summed E-state index contributed by atoms with van der Waals surface area (Å²) in [5.41, 5.74) is -0.440. The van der Waals surface area contributed by atoms with Crippen LogP contribution in [0.15, 0.2) is 0 Å². The van der Waals surface area contributed by atoms with Crippen LogP contribution in [-0.4, -0.2) is 22.2 Å². The van der Waals surface area contributed by atoms with Crippen LogP contribution in [0, 0.1) is 5.41 Å². The molecule has 0 aliphatic rings. The van der Waals surface area contributed by atoms with Crippen LogP contribution < -0.4 is 0 Å². The molecule has 0 aromatic rings. The van der Waals surface area contributed by atoms with Crippen molar-refractivity contribution in [3.8, 4) is 0 Å². The molecule has 0 aromatic heterocycles. The Morgan fingerprint density at radius 3 is 1.00 bits per heavy atom. The molecule has 0 unspecified atom stereocenters. The van der Waals surface area contributed by atoms with E-state index in [0.717, 1.165) is 45.4 Å². The first-order valence-corrected chi connectivity index (χ1v) is 12.3. The highest BCUT2D eigenvalue weighted by molar-refractivity contribution is 5.74. The van der Waals surface area contributed by atoms with E-state index in [4.69, 9.17) is 9.90 Å². The molecule has 0 fully saturated rings. The molecular formula is C25H50O4. The highest BCUT2D eigenvalue weighted by atomic mass is 16.4. The Labute approximate surface area is 180 Å². The van der Waals surface area contributed by atoms with E-state index in [1.165, 1.54) is 77.0 Å². The molecule has 0 atom stereocenters. The second kappa shape index (κ2) is 21.6. The van der Waals surface area contributed by atoms with Gasteiger partial charge in [0.25, 0.3) is 5.97 Å². The van der Waals surface area contributed by atoms with E-state index in [2.05, 4.69) is 20.8 Å². The van der Waals surface area contributed by atoms with E-state index >= 15 is 0 Å². The highest BCUT2D eigenvalue weighted by Gasteiger charge is 2.36. The molecule has 0 saturated carbocycles. The molecular weight excluding hydrogens is 364 g/mol. The van der Waals surface area contributed by atoms with E-state index in [-0.39, 0.29) is 0 Å². The van der Waals surface area contributed by atoms with Gasteiger partial charge in [-0.2, -0.15) is 0 Å². The van der Waals surface area contributed by atoms with Crippen LogP contribution in [0.1, 0.15) is 143 Å². The van der Waals surface area contributed by atoms with Gasteiger partial charge in [0.05, 0.1) is 5.41 Å². The maximum atomic E-state index is 12.2. The zero-order valence-electron chi connectivity index (χ0n) is 19.9. The van der Waals surface area contributed by atoms with Crippen molar-refractivity contribution in [2.24, 2.45) is 5.41 Å². The summed E-state index contributed by atoms with van der Waals surface area (Å²) >= 11 is 0. The van der Waals surface area contributed by atoms with Crippen LogP contribution in [0.3, 0.4) is 0 Å². The molecule has 0 heterocycles. The zero-order chi connectivity index (χ0) is 22.4. The number of hydrogen-bond acceptors (Lipinski definition) is 2. The number of aliphatic carboxylic acids is 2. The Balaban J connectivity index is 0. The monoisotopic (exact) mass is 414 g/mol. The van der Waals surface area contributed by atoms with E-state index in [1.54, 1.807) is 0 Å². The van der Waals surface area contributed by atoms with Crippen LogP contribution >= 0.6 is 0 Å². The molecule has 0 amide bonds. The van der Waals surface area contributed by atoms with E-state index < -0.39 is 17.4 Å². The number of unbranched alkanes of at least 4 members (excludes halogenated alkanes) is 12. The number of carbonyl (C=O) groups is 2. The molecule has 0 spiro atoms. The van der Waals surface area contributed by atoms with E-state index in [9.17, 15) is 9.90 Å². The van der Waals surface area contributed by atoms with Gasteiger partial charge in [-0.25, -0.2) is 0 Å². The van der Waals surface area contributed by atoms with Gasteiger partial charge in [0.2, 0.25) is 0 Å². The minimum Gasteiger partial charge on any atom is -0.481 e. The molecule has 0 bridgehead atoms. The quantitative estimate of drug-likeness (QED) is 0.209. The fourth-order valence-electron chi connectivity index (χ4n) is 3.90. The van der Waals surface area contributed by atoms with Crippen LogP contribution in [0.4, 0.5) is 0 Å². The summed E-state index contributed by atoms with van der Waals surface area (Å²) in [6.45, 7) is 7.77. The zero-order valence-corrected chi connectivity index (χ0v) is 19.9. The minimum absolute atomic E-state index is 0.440. The molecule has 0 saturated heterocycles. The fraction of sp³-hybridized carbons (Fsp3) is 0.920. The van der Waals surface area contributed by atoms with Crippen molar-refractivity contribution in [3.05, 3.63) is 0 Å². The summed E-state index contributed by atoms with van der Waals surface area (Å²) in [6.07, 6.45) is 21.0. The minimum atomic E-state index is -0.833. The second-order valence-corrected chi connectivity index (χ2v) is 8.60. The SMILES string of the molecule is CC(=O)O.CCCCCCCC(CCCCCCC)(CCCCCCC)C(=O)O. The van der Waals surface area contributed by atoms with Crippen molar-refractivity contribution in [1.29, 1.82) is 0 Å². The molecule has 174 valence electrons. The summed E-state index contributed by atoms with van der Waals surface area (Å²) in [5, 5.41) is 17.4. The Morgan fingerprint density at radius 2 is 0.793 bits per heavy atom. The largest absolute Gasteiger partial charge is 0.481 e. The van der Waals surface area contributed by atoms with Crippen molar-refractivity contribution >= 4 is 11.9 Å². The van der Waals surface area contributed by atoms with Crippen molar-refractivity contribution in [3.63, 3.8) is 0 Å². The second-order valence-electron chi connectivity index (χ2n) is 8.60. The molecule has 4 heteroatoms. The highest BCUT2D eigenvalue weighted by Crippen LogP contribution is 2.38. The predicted molar refractivity (Wildman–Crippen MR) is 124 cm³/mol.